The Labute approximate surface area is 155 Å². The predicted molar refractivity (Wildman–Crippen MR) is 96.8 cm³/mol. The van der Waals surface area contributed by atoms with Crippen molar-refractivity contribution in [3.8, 4) is 0 Å². The highest BCUT2D eigenvalue weighted by Crippen LogP contribution is 2.26. The standard InChI is InChI=1S/C20H30N2O4/c1-20(2,3)18-13-15(21-26-18)12-17(23)16-6-4-5-9-22(16)19(24)14-7-10-25-11-8-14/h13-14,16H,4-12H2,1-3H3. The van der Waals surface area contributed by atoms with Crippen LogP contribution in [0.5, 0.6) is 0 Å². The first kappa shape index (κ1) is 19.1. The van der Waals surface area contributed by atoms with Crippen molar-refractivity contribution in [2.24, 2.45) is 5.92 Å². The monoisotopic (exact) mass is 362 g/mol. The molecule has 6 heteroatoms. The zero-order chi connectivity index (χ0) is 18.7. The molecule has 2 saturated heterocycles. The van der Waals surface area contributed by atoms with Crippen molar-refractivity contribution in [3.63, 3.8) is 0 Å². The maximum atomic E-state index is 12.9. The third kappa shape index (κ3) is 4.34. The number of likely N-dealkylation sites (tertiary alicyclic amines) is 1. The van der Waals surface area contributed by atoms with Gasteiger partial charge in [-0.05, 0) is 32.1 Å². The number of ketones is 1. The van der Waals surface area contributed by atoms with Crippen molar-refractivity contribution in [1.82, 2.24) is 10.1 Å². The first-order chi connectivity index (χ1) is 12.4. The molecule has 2 aliphatic rings. The number of carbonyl (C=O) groups excluding carboxylic acids is 2. The van der Waals surface area contributed by atoms with E-state index in [0.717, 1.165) is 37.9 Å². The molecule has 1 unspecified atom stereocenters. The Balaban J connectivity index is 1.67. The predicted octanol–water partition coefficient (Wildman–Crippen LogP) is 2.89. The molecule has 0 aromatic carbocycles. The lowest BCUT2D eigenvalue weighted by Crippen LogP contribution is -2.51. The molecule has 26 heavy (non-hydrogen) atoms. The summed E-state index contributed by atoms with van der Waals surface area (Å²) in [5.74, 6) is 0.969. The second kappa shape index (κ2) is 7.91. The molecular weight excluding hydrogens is 332 g/mol. The molecule has 1 atom stereocenters. The van der Waals surface area contributed by atoms with Crippen molar-refractivity contribution in [2.45, 2.75) is 70.8 Å². The van der Waals surface area contributed by atoms with Gasteiger partial charge in [0, 0.05) is 37.2 Å². The zero-order valence-corrected chi connectivity index (χ0v) is 16.1. The van der Waals surface area contributed by atoms with Crippen LogP contribution in [0.3, 0.4) is 0 Å². The van der Waals surface area contributed by atoms with Crippen molar-refractivity contribution >= 4 is 11.7 Å². The molecular formula is C20H30N2O4. The van der Waals surface area contributed by atoms with Crippen LogP contribution in [0.4, 0.5) is 0 Å². The molecule has 0 saturated carbocycles. The van der Waals surface area contributed by atoms with Gasteiger partial charge in [0.25, 0.3) is 0 Å². The van der Waals surface area contributed by atoms with Crippen LogP contribution < -0.4 is 0 Å². The summed E-state index contributed by atoms with van der Waals surface area (Å²) in [7, 11) is 0. The number of Topliss-reactive ketones (excluding diaryl/α,β-unsaturated/α-hetero) is 1. The van der Waals surface area contributed by atoms with E-state index in [1.54, 1.807) is 0 Å². The van der Waals surface area contributed by atoms with E-state index >= 15 is 0 Å². The van der Waals surface area contributed by atoms with Gasteiger partial charge < -0.3 is 14.2 Å². The molecule has 3 rings (SSSR count). The maximum Gasteiger partial charge on any atom is 0.226 e. The minimum Gasteiger partial charge on any atom is -0.381 e. The van der Waals surface area contributed by atoms with Crippen molar-refractivity contribution in [3.05, 3.63) is 17.5 Å². The third-order valence-electron chi connectivity index (χ3n) is 5.38. The van der Waals surface area contributed by atoms with Crippen LogP contribution >= 0.6 is 0 Å². The minimum absolute atomic E-state index is 0.00306. The minimum atomic E-state index is -0.325. The lowest BCUT2D eigenvalue weighted by atomic mass is 9.91. The molecule has 1 aromatic rings. The van der Waals surface area contributed by atoms with Gasteiger partial charge in [-0.3, -0.25) is 9.59 Å². The van der Waals surface area contributed by atoms with E-state index in [1.165, 1.54) is 0 Å². The average molecular weight is 362 g/mol. The van der Waals surface area contributed by atoms with Crippen LogP contribution in [-0.4, -0.2) is 47.5 Å². The van der Waals surface area contributed by atoms with Crippen LogP contribution in [0.1, 0.15) is 64.3 Å². The van der Waals surface area contributed by atoms with Crippen LogP contribution in [-0.2, 0) is 26.2 Å². The quantitative estimate of drug-likeness (QED) is 0.823. The lowest BCUT2D eigenvalue weighted by Gasteiger charge is -2.37. The van der Waals surface area contributed by atoms with Gasteiger partial charge in [-0.25, -0.2) is 0 Å². The Hall–Kier alpha value is -1.69. The Morgan fingerprint density at radius 2 is 1.92 bits per heavy atom. The summed E-state index contributed by atoms with van der Waals surface area (Å²) in [4.78, 5) is 27.7. The summed E-state index contributed by atoms with van der Waals surface area (Å²) in [5, 5.41) is 4.06. The molecule has 2 fully saturated rings. The van der Waals surface area contributed by atoms with Gasteiger partial charge in [-0.2, -0.15) is 0 Å². The molecule has 1 amide bonds. The summed E-state index contributed by atoms with van der Waals surface area (Å²) < 4.78 is 10.8. The number of amides is 1. The van der Waals surface area contributed by atoms with Crippen molar-refractivity contribution in [1.29, 1.82) is 0 Å². The fourth-order valence-corrected chi connectivity index (χ4v) is 3.75. The molecule has 2 aliphatic heterocycles. The third-order valence-corrected chi connectivity index (χ3v) is 5.38. The summed E-state index contributed by atoms with van der Waals surface area (Å²) in [6, 6.07) is 1.54. The van der Waals surface area contributed by atoms with Crippen LogP contribution in [0, 0.1) is 5.92 Å². The Kier molecular flexibility index (Phi) is 5.80. The molecule has 1 aromatic heterocycles. The van der Waals surface area contributed by atoms with Crippen LogP contribution in [0.25, 0.3) is 0 Å². The number of ether oxygens (including phenoxy) is 1. The Morgan fingerprint density at radius 1 is 1.19 bits per heavy atom. The second-order valence-electron chi connectivity index (χ2n) is 8.51. The normalized spacial score (nSPS) is 22.4. The Morgan fingerprint density at radius 3 is 2.58 bits per heavy atom. The van der Waals surface area contributed by atoms with Gasteiger partial charge in [0.1, 0.15) is 5.76 Å². The topological polar surface area (TPSA) is 72.6 Å². The largest absolute Gasteiger partial charge is 0.381 e. The number of rotatable bonds is 4. The fourth-order valence-electron chi connectivity index (χ4n) is 3.75. The molecule has 0 spiro atoms. The van der Waals surface area contributed by atoms with Crippen LogP contribution in [0.15, 0.2) is 10.6 Å². The molecule has 6 nitrogen and oxygen atoms in total. The number of piperidine rings is 1. The van der Waals surface area contributed by atoms with E-state index < -0.39 is 0 Å². The fraction of sp³-hybridized carbons (Fsp3) is 0.750. The van der Waals surface area contributed by atoms with Gasteiger partial charge >= 0.3 is 0 Å². The van der Waals surface area contributed by atoms with E-state index in [9.17, 15) is 9.59 Å². The highest BCUT2D eigenvalue weighted by Gasteiger charge is 2.36. The number of aromatic nitrogens is 1. The SMILES string of the molecule is CC(C)(C)c1cc(CC(=O)C2CCCCN2C(=O)C2CCOCC2)no1. The van der Waals surface area contributed by atoms with Gasteiger partial charge in [0.15, 0.2) is 5.78 Å². The molecule has 144 valence electrons. The summed E-state index contributed by atoms with van der Waals surface area (Å²) in [5.41, 5.74) is 0.522. The maximum absolute atomic E-state index is 12.9. The van der Waals surface area contributed by atoms with Gasteiger partial charge in [-0.15, -0.1) is 0 Å². The van der Waals surface area contributed by atoms with E-state index in [1.807, 2.05) is 11.0 Å². The number of hydrogen-bond donors (Lipinski definition) is 0. The molecule has 0 radical (unpaired) electrons. The van der Waals surface area contributed by atoms with Crippen LogP contribution in [0.2, 0.25) is 0 Å². The molecule has 3 heterocycles. The van der Waals surface area contributed by atoms with Gasteiger partial charge in [0.2, 0.25) is 5.91 Å². The zero-order valence-electron chi connectivity index (χ0n) is 16.1. The van der Waals surface area contributed by atoms with E-state index in [0.29, 0.717) is 25.5 Å². The van der Waals surface area contributed by atoms with Gasteiger partial charge in [-0.1, -0.05) is 25.9 Å². The van der Waals surface area contributed by atoms with Crippen molar-refractivity contribution < 1.29 is 18.8 Å². The second-order valence-corrected chi connectivity index (χ2v) is 8.51. The van der Waals surface area contributed by atoms with Gasteiger partial charge in [0.05, 0.1) is 18.2 Å². The molecule has 0 aliphatic carbocycles. The smallest absolute Gasteiger partial charge is 0.226 e. The highest BCUT2D eigenvalue weighted by molar-refractivity contribution is 5.91. The summed E-state index contributed by atoms with van der Waals surface area (Å²) in [6.07, 6.45) is 4.44. The first-order valence-electron chi connectivity index (χ1n) is 9.73. The average Bonchev–Trinajstić information content (AvgIpc) is 3.11. The molecule has 0 bridgehead atoms. The first-order valence-corrected chi connectivity index (χ1v) is 9.73. The lowest BCUT2D eigenvalue weighted by molar-refractivity contribution is -0.146. The van der Waals surface area contributed by atoms with E-state index in [2.05, 4.69) is 25.9 Å². The van der Waals surface area contributed by atoms with Crippen molar-refractivity contribution in [2.75, 3.05) is 19.8 Å². The Bertz CT molecular complexity index is 640. The summed E-state index contributed by atoms with van der Waals surface area (Å²) >= 11 is 0. The highest BCUT2D eigenvalue weighted by atomic mass is 16.5. The van der Waals surface area contributed by atoms with E-state index in [-0.39, 0.29) is 35.5 Å². The molecule has 0 N–H and O–H groups in total. The number of hydrogen-bond acceptors (Lipinski definition) is 5. The number of carbonyl (C=O) groups is 2. The van der Waals surface area contributed by atoms with E-state index in [4.69, 9.17) is 9.26 Å². The summed E-state index contributed by atoms with van der Waals surface area (Å²) in [6.45, 7) is 8.10. The number of nitrogens with zero attached hydrogens (tertiary/aromatic N) is 2.